The van der Waals surface area contributed by atoms with Gasteiger partial charge in [-0.15, -0.1) is 11.3 Å². The predicted molar refractivity (Wildman–Crippen MR) is 72.1 cm³/mol. The van der Waals surface area contributed by atoms with Gasteiger partial charge in [-0.2, -0.15) is 0 Å². The summed E-state index contributed by atoms with van der Waals surface area (Å²) in [5.41, 5.74) is 2.44. The fourth-order valence-corrected chi connectivity index (χ4v) is 2.41. The van der Waals surface area contributed by atoms with Gasteiger partial charge in [0.2, 0.25) is 0 Å². The maximum absolute atomic E-state index is 11.5. The van der Waals surface area contributed by atoms with E-state index in [4.69, 9.17) is 4.74 Å². The molecule has 1 aromatic carbocycles. The molecule has 2 rings (SSSR count). The van der Waals surface area contributed by atoms with Crippen LogP contribution in [0.3, 0.4) is 0 Å². The van der Waals surface area contributed by atoms with Gasteiger partial charge in [-0.1, -0.05) is 29.8 Å². The second kappa shape index (κ2) is 5.78. The lowest BCUT2D eigenvalue weighted by Crippen LogP contribution is -2.01. The molecule has 1 heterocycles. The van der Waals surface area contributed by atoms with Crippen LogP contribution in [-0.2, 0) is 11.2 Å². The van der Waals surface area contributed by atoms with Crippen LogP contribution in [0.4, 0.5) is 0 Å². The summed E-state index contributed by atoms with van der Waals surface area (Å²) >= 11 is 1.39. The first-order valence-corrected chi connectivity index (χ1v) is 6.68. The number of nitrogens with zero attached hydrogens (tertiary/aromatic N) is 1. The van der Waals surface area contributed by atoms with E-state index in [9.17, 15) is 4.79 Å². The molecule has 0 N–H and O–H groups in total. The monoisotopic (exact) mass is 261 g/mol. The zero-order valence-electron chi connectivity index (χ0n) is 10.5. The minimum Gasteiger partial charge on any atom is -0.462 e. The van der Waals surface area contributed by atoms with Crippen LogP contribution in [0.15, 0.2) is 30.5 Å². The molecule has 0 aliphatic heterocycles. The van der Waals surface area contributed by atoms with Crippen LogP contribution in [0.5, 0.6) is 0 Å². The summed E-state index contributed by atoms with van der Waals surface area (Å²) < 4.78 is 4.94. The van der Waals surface area contributed by atoms with E-state index in [0.29, 0.717) is 11.5 Å². The number of aryl methyl sites for hydroxylation is 1. The number of aromatic nitrogens is 1. The number of rotatable bonds is 4. The molecular weight excluding hydrogens is 246 g/mol. The quantitative estimate of drug-likeness (QED) is 0.793. The van der Waals surface area contributed by atoms with E-state index in [0.717, 1.165) is 11.4 Å². The Labute approximate surface area is 110 Å². The molecule has 0 bridgehead atoms. The third kappa shape index (κ3) is 3.17. The molecule has 0 radical (unpaired) electrons. The Hall–Kier alpha value is -1.68. The van der Waals surface area contributed by atoms with Gasteiger partial charge < -0.3 is 4.74 Å². The molecule has 0 amide bonds. The van der Waals surface area contributed by atoms with E-state index in [-0.39, 0.29) is 5.97 Å². The zero-order chi connectivity index (χ0) is 13.0. The Morgan fingerprint density at radius 3 is 2.72 bits per heavy atom. The van der Waals surface area contributed by atoms with Gasteiger partial charge in [0.1, 0.15) is 4.88 Å². The highest BCUT2D eigenvalue weighted by Crippen LogP contribution is 2.18. The average molecular weight is 261 g/mol. The molecule has 4 heteroatoms. The van der Waals surface area contributed by atoms with Gasteiger partial charge in [0.05, 0.1) is 17.8 Å². The van der Waals surface area contributed by atoms with Crippen molar-refractivity contribution in [3.8, 4) is 0 Å². The van der Waals surface area contributed by atoms with Crippen molar-refractivity contribution in [1.29, 1.82) is 0 Å². The Morgan fingerprint density at radius 1 is 1.33 bits per heavy atom. The van der Waals surface area contributed by atoms with Crippen LogP contribution < -0.4 is 0 Å². The van der Waals surface area contributed by atoms with E-state index in [1.165, 1.54) is 22.5 Å². The molecule has 0 atom stereocenters. The third-order valence-electron chi connectivity index (χ3n) is 2.51. The van der Waals surface area contributed by atoms with Crippen molar-refractivity contribution in [3.63, 3.8) is 0 Å². The molecule has 0 saturated heterocycles. The van der Waals surface area contributed by atoms with E-state index < -0.39 is 0 Å². The second-order valence-corrected chi connectivity index (χ2v) is 5.12. The van der Waals surface area contributed by atoms with Crippen LogP contribution in [0.2, 0.25) is 0 Å². The maximum Gasteiger partial charge on any atom is 0.349 e. The van der Waals surface area contributed by atoms with Crippen LogP contribution in [-0.4, -0.2) is 17.6 Å². The van der Waals surface area contributed by atoms with E-state index in [1.807, 2.05) is 0 Å². The van der Waals surface area contributed by atoms with Crippen LogP contribution in [0.1, 0.15) is 32.7 Å². The number of esters is 1. The number of ether oxygens (including phenoxy) is 1. The lowest BCUT2D eigenvalue weighted by Gasteiger charge is -1.98. The summed E-state index contributed by atoms with van der Waals surface area (Å²) in [6, 6.07) is 8.33. The Kier molecular flexibility index (Phi) is 4.10. The summed E-state index contributed by atoms with van der Waals surface area (Å²) in [5, 5.41) is 0.932. The van der Waals surface area contributed by atoms with Crippen molar-refractivity contribution in [3.05, 3.63) is 51.5 Å². The number of hydrogen-bond acceptors (Lipinski definition) is 4. The molecule has 94 valence electrons. The highest BCUT2D eigenvalue weighted by Gasteiger charge is 2.11. The highest BCUT2D eigenvalue weighted by molar-refractivity contribution is 7.13. The molecule has 0 aliphatic carbocycles. The molecular formula is C14H15NO2S. The lowest BCUT2D eigenvalue weighted by molar-refractivity contribution is 0.0532. The largest absolute Gasteiger partial charge is 0.462 e. The second-order valence-electron chi connectivity index (χ2n) is 4.00. The zero-order valence-corrected chi connectivity index (χ0v) is 11.3. The molecule has 1 aromatic heterocycles. The number of carbonyl (C=O) groups is 1. The topological polar surface area (TPSA) is 39.2 Å². The number of hydrogen-bond donors (Lipinski definition) is 0. The third-order valence-corrected chi connectivity index (χ3v) is 3.48. The molecule has 2 aromatic rings. The van der Waals surface area contributed by atoms with Gasteiger partial charge in [0.25, 0.3) is 0 Å². The van der Waals surface area contributed by atoms with Gasteiger partial charge in [0, 0.05) is 6.42 Å². The number of thiazole rings is 1. The molecule has 0 unspecified atom stereocenters. The van der Waals surface area contributed by atoms with E-state index in [1.54, 1.807) is 13.1 Å². The molecule has 0 aliphatic rings. The smallest absolute Gasteiger partial charge is 0.349 e. The molecule has 18 heavy (non-hydrogen) atoms. The van der Waals surface area contributed by atoms with Gasteiger partial charge >= 0.3 is 5.97 Å². The predicted octanol–water partition coefficient (Wildman–Crippen LogP) is 3.22. The SMILES string of the molecule is CCOC(=O)c1cnc(Cc2ccc(C)cc2)s1. The minimum absolute atomic E-state index is 0.287. The van der Waals surface area contributed by atoms with Crippen molar-refractivity contribution in [2.45, 2.75) is 20.3 Å². The normalized spacial score (nSPS) is 10.3. The van der Waals surface area contributed by atoms with Crippen molar-refractivity contribution < 1.29 is 9.53 Å². The van der Waals surface area contributed by atoms with Gasteiger partial charge in [-0.25, -0.2) is 9.78 Å². The Balaban J connectivity index is 2.06. The Bertz CT molecular complexity index is 531. The summed E-state index contributed by atoms with van der Waals surface area (Å²) in [6.07, 6.45) is 2.34. The number of benzene rings is 1. The van der Waals surface area contributed by atoms with Gasteiger partial charge in [-0.3, -0.25) is 0 Å². The standard InChI is InChI=1S/C14H15NO2S/c1-3-17-14(16)12-9-15-13(18-12)8-11-6-4-10(2)5-7-11/h4-7,9H,3,8H2,1-2H3. The maximum atomic E-state index is 11.5. The fraction of sp³-hybridized carbons (Fsp3) is 0.286. The highest BCUT2D eigenvalue weighted by atomic mass is 32.1. The van der Waals surface area contributed by atoms with Crippen molar-refractivity contribution in [2.24, 2.45) is 0 Å². The van der Waals surface area contributed by atoms with E-state index >= 15 is 0 Å². The summed E-state index contributed by atoms with van der Waals surface area (Å²) in [4.78, 5) is 16.3. The van der Waals surface area contributed by atoms with E-state index in [2.05, 4.69) is 36.2 Å². The average Bonchev–Trinajstić information content (AvgIpc) is 2.81. The molecule has 0 spiro atoms. The van der Waals surface area contributed by atoms with Crippen LogP contribution >= 0.6 is 11.3 Å². The lowest BCUT2D eigenvalue weighted by atomic mass is 10.1. The first-order chi connectivity index (χ1) is 8.69. The molecule has 3 nitrogen and oxygen atoms in total. The van der Waals surface area contributed by atoms with Crippen molar-refractivity contribution in [1.82, 2.24) is 4.98 Å². The molecule has 0 fully saturated rings. The van der Waals surface area contributed by atoms with Gasteiger partial charge in [0.15, 0.2) is 0 Å². The first-order valence-electron chi connectivity index (χ1n) is 5.86. The van der Waals surface area contributed by atoms with Gasteiger partial charge in [-0.05, 0) is 19.4 Å². The van der Waals surface area contributed by atoms with Crippen molar-refractivity contribution >= 4 is 17.3 Å². The summed E-state index contributed by atoms with van der Waals surface area (Å²) in [6.45, 7) is 4.25. The Morgan fingerprint density at radius 2 is 2.06 bits per heavy atom. The minimum atomic E-state index is -0.287. The van der Waals surface area contributed by atoms with Crippen LogP contribution in [0, 0.1) is 6.92 Å². The number of carbonyl (C=O) groups excluding carboxylic acids is 1. The summed E-state index contributed by atoms with van der Waals surface area (Å²) in [7, 11) is 0. The van der Waals surface area contributed by atoms with Crippen molar-refractivity contribution in [2.75, 3.05) is 6.61 Å². The molecule has 0 saturated carbocycles. The fourth-order valence-electron chi connectivity index (χ4n) is 1.57. The first kappa shape index (κ1) is 12.8. The summed E-state index contributed by atoms with van der Waals surface area (Å²) in [5.74, 6) is -0.287. The van der Waals surface area contributed by atoms with Crippen LogP contribution in [0.25, 0.3) is 0 Å².